The Bertz CT molecular complexity index is 779. The number of carbonyl (C=O) groups is 2. The van der Waals surface area contributed by atoms with Crippen molar-refractivity contribution in [2.24, 2.45) is 0 Å². The molecule has 0 aromatic heterocycles. The quantitative estimate of drug-likeness (QED) is 0.746. The Hall–Kier alpha value is -2.19. The van der Waals surface area contributed by atoms with Gasteiger partial charge in [0.05, 0.1) is 11.3 Å². The van der Waals surface area contributed by atoms with Crippen molar-refractivity contribution in [1.29, 1.82) is 0 Å². The molecule has 0 fully saturated rings. The van der Waals surface area contributed by atoms with Gasteiger partial charge in [-0.15, -0.1) is 0 Å². The number of carboxylic acids is 1. The third-order valence-corrected chi connectivity index (χ3v) is 3.78. The van der Waals surface area contributed by atoms with Gasteiger partial charge in [-0.25, -0.2) is 4.79 Å². The number of amides is 1. The van der Waals surface area contributed by atoms with Crippen molar-refractivity contribution in [3.8, 4) is 0 Å². The average molecular weight is 376 g/mol. The molecular weight excluding hydrogens is 367 g/mol. The molecule has 0 bridgehead atoms. The average Bonchev–Trinajstić information content (AvgIpc) is 2.46. The fourth-order valence-electron chi connectivity index (χ4n) is 1.81. The van der Waals surface area contributed by atoms with Crippen LogP contribution in [0.3, 0.4) is 0 Å². The van der Waals surface area contributed by atoms with Crippen molar-refractivity contribution in [2.75, 3.05) is 5.32 Å². The normalized spacial score (nSPS) is 11.2. The molecule has 0 atom stereocenters. The van der Waals surface area contributed by atoms with Crippen LogP contribution in [0.4, 0.5) is 18.9 Å². The predicted molar refractivity (Wildman–Crippen MR) is 84.7 cm³/mol. The summed E-state index contributed by atoms with van der Waals surface area (Å²) in [5.41, 5.74) is -4.50. The number of thioether (sulfide) groups is 1. The monoisotopic (exact) mass is 375 g/mol. The lowest BCUT2D eigenvalue weighted by atomic mass is 10.1. The van der Waals surface area contributed by atoms with E-state index in [0.717, 1.165) is 12.1 Å². The number of rotatable bonds is 4. The lowest BCUT2D eigenvalue weighted by Crippen LogP contribution is -2.14. The topological polar surface area (TPSA) is 66.4 Å². The number of aromatic carboxylic acids is 1. The highest BCUT2D eigenvalue weighted by atomic mass is 35.5. The van der Waals surface area contributed by atoms with Crippen molar-refractivity contribution < 1.29 is 27.9 Å². The molecule has 2 rings (SSSR count). The number of benzene rings is 2. The van der Waals surface area contributed by atoms with Crippen LogP contribution in [0.2, 0.25) is 5.02 Å². The first-order valence-corrected chi connectivity index (χ1v) is 7.55. The molecule has 126 valence electrons. The van der Waals surface area contributed by atoms with Gasteiger partial charge in [0, 0.05) is 15.5 Å². The van der Waals surface area contributed by atoms with Crippen LogP contribution >= 0.6 is 23.4 Å². The van der Waals surface area contributed by atoms with E-state index in [-0.39, 0.29) is 38.5 Å². The molecule has 2 aromatic carbocycles. The van der Waals surface area contributed by atoms with Gasteiger partial charge in [0.1, 0.15) is 0 Å². The molecule has 1 amide bonds. The van der Waals surface area contributed by atoms with Crippen molar-refractivity contribution in [1.82, 2.24) is 0 Å². The highest BCUT2D eigenvalue weighted by Gasteiger charge is 2.29. The lowest BCUT2D eigenvalue weighted by Gasteiger charge is -2.10. The minimum Gasteiger partial charge on any atom is -0.478 e. The fourth-order valence-corrected chi connectivity index (χ4v) is 2.52. The Labute approximate surface area is 143 Å². The molecule has 2 N–H and O–H groups in total. The van der Waals surface area contributed by atoms with E-state index >= 15 is 0 Å². The summed E-state index contributed by atoms with van der Waals surface area (Å²) in [5, 5.41) is 11.7. The molecule has 2 aromatic rings. The standard InChI is InChI=1S/C15H9ClF3NO3S/c16-9-3-6-11(14(22)23)12(7-9)20-13(21)8-1-4-10(5-2-8)24-15(17,18)19/h1-7H,(H,20,21)(H,22,23). The summed E-state index contributed by atoms with van der Waals surface area (Å²) in [5.74, 6) is -1.91. The van der Waals surface area contributed by atoms with Gasteiger partial charge in [-0.05, 0) is 54.2 Å². The van der Waals surface area contributed by atoms with Crippen LogP contribution in [-0.4, -0.2) is 22.5 Å². The molecule has 0 aliphatic carbocycles. The summed E-state index contributed by atoms with van der Waals surface area (Å²) in [6.45, 7) is 0. The Morgan fingerprint density at radius 2 is 1.71 bits per heavy atom. The van der Waals surface area contributed by atoms with Crippen LogP contribution in [0.1, 0.15) is 20.7 Å². The second-order valence-electron chi connectivity index (χ2n) is 4.52. The van der Waals surface area contributed by atoms with Gasteiger partial charge >= 0.3 is 11.5 Å². The van der Waals surface area contributed by atoms with E-state index in [1.807, 2.05) is 0 Å². The maximum atomic E-state index is 12.3. The van der Waals surface area contributed by atoms with Crippen LogP contribution in [0.5, 0.6) is 0 Å². The zero-order chi connectivity index (χ0) is 17.9. The van der Waals surface area contributed by atoms with Gasteiger partial charge in [-0.3, -0.25) is 4.79 Å². The first kappa shape index (κ1) is 18.2. The van der Waals surface area contributed by atoms with E-state index in [1.165, 1.54) is 30.3 Å². The van der Waals surface area contributed by atoms with Crippen LogP contribution in [-0.2, 0) is 0 Å². The largest absolute Gasteiger partial charge is 0.478 e. The first-order chi connectivity index (χ1) is 11.2. The molecule has 0 spiro atoms. The van der Waals surface area contributed by atoms with E-state index in [9.17, 15) is 22.8 Å². The smallest absolute Gasteiger partial charge is 0.446 e. The Kier molecular flexibility index (Phi) is 5.40. The van der Waals surface area contributed by atoms with Crippen LogP contribution in [0.25, 0.3) is 0 Å². The van der Waals surface area contributed by atoms with E-state index in [1.54, 1.807) is 0 Å². The fraction of sp³-hybridized carbons (Fsp3) is 0.0667. The number of nitrogens with one attached hydrogen (secondary N) is 1. The van der Waals surface area contributed by atoms with Gasteiger partial charge in [-0.2, -0.15) is 13.2 Å². The van der Waals surface area contributed by atoms with Gasteiger partial charge in [-0.1, -0.05) is 11.6 Å². The minimum absolute atomic E-state index is 0.00579. The third kappa shape index (κ3) is 4.90. The Balaban J connectivity index is 2.19. The number of alkyl halides is 3. The molecule has 0 heterocycles. The number of anilines is 1. The molecule has 0 radical (unpaired) electrons. The molecule has 0 saturated carbocycles. The lowest BCUT2D eigenvalue weighted by molar-refractivity contribution is -0.0328. The van der Waals surface area contributed by atoms with Crippen molar-refractivity contribution >= 4 is 40.9 Å². The van der Waals surface area contributed by atoms with E-state index < -0.39 is 17.4 Å². The second kappa shape index (κ2) is 7.14. The minimum atomic E-state index is -4.42. The maximum Gasteiger partial charge on any atom is 0.446 e. The summed E-state index contributed by atoms with van der Waals surface area (Å²) < 4.78 is 36.8. The molecule has 0 unspecified atom stereocenters. The molecule has 0 aliphatic heterocycles. The van der Waals surface area contributed by atoms with Gasteiger partial charge in [0.2, 0.25) is 0 Å². The summed E-state index contributed by atoms with van der Waals surface area (Å²) >= 11 is 5.49. The molecule has 0 aliphatic rings. The van der Waals surface area contributed by atoms with Gasteiger partial charge < -0.3 is 10.4 Å². The maximum absolute atomic E-state index is 12.3. The van der Waals surface area contributed by atoms with Crippen molar-refractivity contribution in [3.63, 3.8) is 0 Å². The molecule has 24 heavy (non-hydrogen) atoms. The predicted octanol–water partition coefficient (Wildman–Crippen LogP) is 4.90. The van der Waals surface area contributed by atoms with Crippen LogP contribution < -0.4 is 5.32 Å². The molecule has 0 saturated heterocycles. The number of carbonyl (C=O) groups excluding carboxylic acids is 1. The SMILES string of the molecule is O=C(Nc1cc(Cl)ccc1C(=O)O)c1ccc(SC(F)(F)F)cc1. The zero-order valence-corrected chi connectivity index (χ0v) is 13.3. The second-order valence-corrected chi connectivity index (χ2v) is 6.10. The van der Waals surface area contributed by atoms with Crippen molar-refractivity contribution in [2.45, 2.75) is 10.4 Å². The number of carboxylic acid groups (broad SMARTS) is 1. The summed E-state index contributed by atoms with van der Waals surface area (Å²) in [4.78, 5) is 23.2. The number of hydrogen-bond donors (Lipinski definition) is 2. The van der Waals surface area contributed by atoms with Gasteiger partial charge in [0.15, 0.2) is 0 Å². The summed E-state index contributed by atoms with van der Waals surface area (Å²) in [6.07, 6.45) is 0. The van der Waals surface area contributed by atoms with E-state index in [0.29, 0.717) is 0 Å². The molecule has 4 nitrogen and oxygen atoms in total. The number of hydrogen-bond acceptors (Lipinski definition) is 3. The third-order valence-electron chi connectivity index (χ3n) is 2.81. The first-order valence-electron chi connectivity index (χ1n) is 6.36. The number of halogens is 4. The Morgan fingerprint density at radius 3 is 2.25 bits per heavy atom. The zero-order valence-electron chi connectivity index (χ0n) is 11.7. The van der Waals surface area contributed by atoms with Crippen LogP contribution in [0.15, 0.2) is 47.4 Å². The van der Waals surface area contributed by atoms with Crippen LogP contribution in [0, 0.1) is 0 Å². The van der Waals surface area contributed by atoms with E-state index in [2.05, 4.69) is 5.32 Å². The Morgan fingerprint density at radius 1 is 1.08 bits per heavy atom. The highest BCUT2D eigenvalue weighted by Crippen LogP contribution is 2.36. The highest BCUT2D eigenvalue weighted by molar-refractivity contribution is 8.00. The van der Waals surface area contributed by atoms with E-state index in [4.69, 9.17) is 16.7 Å². The molecule has 9 heteroatoms. The summed E-state index contributed by atoms with van der Waals surface area (Å²) in [7, 11) is 0. The summed E-state index contributed by atoms with van der Waals surface area (Å²) in [6, 6.07) is 8.62. The van der Waals surface area contributed by atoms with Gasteiger partial charge in [0.25, 0.3) is 5.91 Å². The van der Waals surface area contributed by atoms with Crippen molar-refractivity contribution in [3.05, 3.63) is 58.6 Å². The molecular formula is C15H9ClF3NO3S.